The van der Waals surface area contributed by atoms with Gasteiger partial charge in [0.05, 0.1) is 21.8 Å². The Hall–Kier alpha value is -0.570. The van der Waals surface area contributed by atoms with E-state index in [1.807, 2.05) is 11.8 Å². The van der Waals surface area contributed by atoms with Gasteiger partial charge in [-0.3, -0.25) is 9.88 Å². The number of rotatable bonds is 6. The van der Waals surface area contributed by atoms with Crippen LogP contribution in [0, 0.1) is 17.8 Å². The molecular weight excluding hydrogens is 449 g/mol. The van der Waals surface area contributed by atoms with Crippen molar-refractivity contribution < 1.29 is 24.1 Å². The molecule has 1 aliphatic heterocycles. The van der Waals surface area contributed by atoms with Crippen LogP contribution in [0.5, 0.6) is 0 Å². The van der Waals surface area contributed by atoms with Gasteiger partial charge in [-0.05, 0) is 63.4 Å². The predicted molar refractivity (Wildman–Crippen MR) is 116 cm³/mol. The summed E-state index contributed by atoms with van der Waals surface area (Å²) in [7, 11) is 0. The summed E-state index contributed by atoms with van der Waals surface area (Å²) < 4.78 is 27.0. The van der Waals surface area contributed by atoms with Crippen LogP contribution in [0.3, 0.4) is 0 Å². The quantitative estimate of drug-likeness (QED) is 0.560. The van der Waals surface area contributed by atoms with Crippen molar-refractivity contribution in [3.05, 3.63) is 27.5 Å². The maximum absolute atomic E-state index is 13.5. The Morgan fingerprint density at radius 1 is 1.23 bits per heavy atom. The molecule has 1 aromatic heterocycles. The molecule has 2 unspecified atom stereocenters. The Balaban J connectivity index is 1.77. The fourth-order valence-corrected chi connectivity index (χ4v) is 6.32. The van der Waals surface area contributed by atoms with Gasteiger partial charge in [0.15, 0.2) is 0 Å². The van der Waals surface area contributed by atoms with Gasteiger partial charge in [0, 0.05) is 25.2 Å². The number of hydrogen-bond donors (Lipinski definition) is 3. The first-order valence-corrected chi connectivity index (χ1v) is 11.7. The van der Waals surface area contributed by atoms with Crippen LogP contribution in [-0.4, -0.2) is 56.0 Å². The van der Waals surface area contributed by atoms with Crippen molar-refractivity contribution >= 4 is 23.2 Å². The average Bonchev–Trinajstić information content (AvgIpc) is 2.70. The standard InChI is InChI=1S/C22H32Cl2F2N2O3/c1-11-13-5-4-6-16(22(3,31)21(25)26)14(13)7-8-28(11)18(30)9-15-17(23)10-27-20(12(2)29)19(15)24/h10-14,16,18,21,29-31H,4-9H2,1-3H3/t11-,12?,13+,14+,16+,18?,22-/m0/s1. The van der Waals surface area contributed by atoms with Gasteiger partial charge in [0.25, 0.3) is 6.43 Å². The molecule has 176 valence electrons. The normalized spacial score (nSPS) is 31.2. The SMILES string of the molecule is CC(O)c1ncc(Cl)c(CC(O)N2CC[C@@H]3[C@H](CCC[C@H]3[C@](C)(O)C(F)F)[C@@H]2C)c1Cl. The number of piperidine rings is 1. The summed E-state index contributed by atoms with van der Waals surface area (Å²) in [5.74, 6) is -0.347. The summed E-state index contributed by atoms with van der Waals surface area (Å²) in [6.45, 7) is 5.35. The van der Waals surface area contributed by atoms with Crippen LogP contribution in [0.2, 0.25) is 10.0 Å². The first-order chi connectivity index (χ1) is 14.5. The number of hydrogen-bond acceptors (Lipinski definition) is 5. The molecule has 3 N–H and O–H groups in total. The highest BCUT2D eigenvalue weighted by Crippen LogP contribution is 2.49. The van der Waals surface area contributed by atoms with E-state index in [9.17, 15) is 24.1 Å². The van der Waals surface area contributed by atoms with E-state index in [0.29, 0.717) is 35.7 Å². The van der Waals surface area contributed by atoms with E-state index < -0.39 is 30.3 Å². The number of pyridine rings is 1. The fourth-order valence-electron chi connectivity index (χ4n) is 5.67. The Bertz CT molecular complexity index is 781. The first kappa shape index (κ1) is 25.1. The molecule has 2 heterocycles. The highest BCUT2D eigenvalue weighted by Gasteiger charge is 2.51. The van der Waals surface area contributed by atoms with Gasteiger partial charge >= 0.3 is 0 Å². The predicted octanol–water partition coefficient (Wildman–Crippen LogP) is 4.45. The van der Waals surface area contributed by atoms with Crippen molar-refractivity contribution in [1.82, 2.24) is 9.88 Å². The van der Waals surface area contributed by atoms with Crippen molar-refractivity contribution in [2.24, 2.45) is 17.8 Å². The lowest BCUT2D eigenvalue weighted by molar-refractivity contribution is -0.169. The number of aliphatic hydroxyl groups excluding tert-OH is 2. The van der Waals surface area contributed by atoms with E-state index in [1.54, 1.807) is 6.92 Å². The molecule has 0 bridgehead atoms. The molecule has 1 saturated heterocycles. The average molecular weight is 481 g/mol. The van der Waals surface area contributed by atoms with E-state index in [-0.39, 0.29) is 29.3 Å². The number of alkyl halides is 2. The Kier molecular flexibility index (Phi) is 7.87. The van der Waals surface area contributed by atoms with Crippen LogP contribution in [0.25, 0.3) is 0 Å². The minimum absolute atomic E-state index is 0.00820. The van der Waals surface area contributed by atoms with Crippen LogP contribution >= 0.6 is 23.2 Å². The summed E-state index contributed by atoms with van der Waals surface area (Å²) in [5.41, 5.74) is -1.16. The van der Waals surface area contributed by atoms with E-state index in [1.165, 1.54) is 13.1 Å². The minimum Gasteiger partial charge on any atom is -0.387 e. The minimum atomic E-state index is -2.78. The topological polar surface area (TPSA) is 76.8 Å². The fraction of sp³-hybridized carbons (Fsp3) is 0.773. The van der Waals surface area contributed by atoms with Crippen molar-refractivity contribution in [1.29, 1.82) is 0 Å². The molecule has 31 heavy (non-hydrogen) atoms. The third kappa shape index (κ3) is 4.87. The Labute approximate surface area is 192 Å². The highest BCUT2D eigenvalue weighted by molar-refractivity contribution is 6.36. The Morgan fingerprint density at radius 2 is 1.90 bits per heavy atom. The third-order valence-corrected chi connectivity index (χ3v) is 8.18. The van der Waals surface area contributed by atoms with Crippen LogP contribution < -0.4 is 0 Å². The summed E-state index contributed by atoms with van der Waals surface area (Å²) >= 11 is 12.7. The molecular formula is C22H32Cl2F2N2O3. The molecule has 3 rings (SSSR count). The summed E-state index contributed by atoms with van der Waals surface area (Å²) in [6, 6.07) is -0.0411. The van der Waals surface area contributed by atoms with E-state index in [0.717, 1.165) is 12.8 Å². The van der Waals surface area contributed by atoms with Gasteiger partial charge in [-0.25, -0.2) is 8.78 Å². The number of halogens is 4. The molecule has 7 atom stereocenters. The molecule has 1 aromatic rings. The monoisotopic (exact) mass is 480 g/mol. The van der Waals surface area contributed by atoms with Crippen LogP contribution in [0.1, 0.15) is 63.8 Å². The number of likely N-dealkylation sites (tertiary alicyclic amines) is 1. The van der Waals surface area contributed by atoms with Gasteiger partial charge in [-0.15, -0.1) is 0 Å². The van der Waals surface area contributed by atoms with E-state index >= 15 is 0 Å². The zero-order valence-electron chi connectivity index (χ0n) is 18.1. The zero-order valence-corrected chi connectivity index (χ0v) is 19.6. The lowest BCUT2D eigenvalue weighted by Gasteiger charge is -2.53. The lowest BCUT2D eigenvalue weighted by Crippen LogP contribution is -2.58. The van der Waals surface area contributed by atoms with Gasteiger partial charge in [-0.2, -0.15) is 0 Å². The maximum atomic E-state index is 13.5. The molecule has 0 aromatic carbocycles. The van der Waals surface area contributed by atoms with Gasteiger partial charge in [0.1, 0.15) is 11.8 Å². The summed E-state index contributed by atoms with van der Waals surface area (Å²) in [4.78, 5) is 6.05. The van der Waals surface area contributed by atoms with E-state index in [4.69, 9.17) is 23.2 Å². The van der Waals surface area contributed by atoms with Crippen molar-refractivity contribution in [2.75, 3.05) is 6.54 Å². The van der Waals surface area contributed by atoms with Crippen LogP contribution in [0.15, 0.2) is 6.20 Å². The van der Waals surface area contributed by atoms with E-state index in [2.05, 4.69) is 4.98 Å². The second kappa shape index (κ2) is 9.74. The molecule has 0 radical (unpaired) electrons. The molecule has 2 fully saturated rings. The number of aromatic nitrogens is 1. The smallest absolute Gasteiger partial charge is 0.266 e. The van der Waals surface area contributed by atoms with Crippen molar-refractivity contribution in [3.63, 3.8) is 0 Å². The Morgan fingerprint density at radius 3 is 2.52 bits per heavy atom. The first-order valence-electron chi connectivity index (χ1n) is 10.9. The van der Waals surface area contributed by atoms with Crippen LogP contribution in [0.4, 0.5) is 8.78 Å². The number of nitrogens with zero attached hydrogens (tertiary/aromatic N) is 2. The number of fused-ring (bicyclic) bond motifs is 1. The zero-order chi connectivity index (χ0) is 23.1. The molecule has 1 aliphatic carbocycles. The summed E-state index contributed by atoms with van der Waals surface area (Å²) in [5, 5.41) is 31.9. The van der Waals surface area contributed by atoms with Gasteiger partial charge in [0.2, 0.25) is 0 Å². The second-order valence-corrected chi connectivity index (χ2v) is 10.1. The van der Waals surface area contributed by atoms with Crippen molar-refractivity contribution in [2.45, 2.75) is 83.3 Å². The van der Waals surface area contributed by atoms with Crippen LogP contribution in [-0.2, 0) is 6.42 Å². The highest BCUT2D eigenvalue weighted by atomic mass is 35.5. The molecule has 9 heteroatoms. The maximum Gasteiger partial charge on any atom is 0.266 e. The molecule has 5 nitrogen and oxygen atoms in total. The third-order valence-electron chi connectivity index (χ3n) is 7.44. The molecule has 0 amide bonds. The molecule has 2 aliphatic rings. The second-order valence-electron chi connectivity index (χ2n) is 9.30. The summed E-state index contributed by atoms with van der Waals surface area (Å²) in [6.07, 6.45) is -0.0338. The molecule has 0 spiro atoms. The molecule has 1 saturated carbocycles. The lowest BCUT2D eigenvalue weighted by atomic mass is 9.61. The number of aliphatic hydroxyl groups is 3. The largest absolute Gasteiger partial charge is 0.387 e. The van der Waals surface area contributed by atoms with Crippen molar-refractivity contribution in [3.8, 4) is 0 Å². The van der Waals surface area contributed by atoms with Gasteiger partial charge in [-0.1, -0.05) is 29.6 Å². The van der Waals surface area contributed by atoms with Gasteiger partial charge < -0.3 is 15.3 Å².